The SMILES string of the molecule is O=C1CCC(CSc2ccc(C(=O)O)cc2)N1. The molecule has 1 aromatic carbocycles. The fraction of sp³-hybridized carbons (Fsp3) is 0.333. The van der Waals surface area contributed by atoms with E-state index in [1.165, 1.54) is 0 Å². The van der Waals surface area contributed by atoms with E-state index in [0.717, 1.165) is 17.1 Å². The topological polar surface area (TPSA) is 66.4 Å². The van der Waals surface area contributed by atoms with Crippen LogP contribution in [0.3, 0.4) is 0 Å². The summed E-state index contributed by atoms with van der Waals surface area (Å²) < 4.78 is 0. The summed E-state index contributed by atoms with van der Waals surface area (Å²) in [4.78, 5) is 22.7. The van der Waals surface area contributed by atoms with Gasteiger partial charge >= 0.3 is 5.97 Å². The zero-order valence-corrected chi connectivity index (χ0v) is 10.00. The molecule has 4 nitrogen and oxygen atoms in total. The third kappa shape index (κ3) is 3.23. The number of carboxylic acid groups (broad SMARTS) is 1. The van der Waals surface area contributed by atoms with E-state index in [0.29, 0.717) is 12.0 Å². The van der Waals surface area contributed by atoms with Crippen molar-refractivity contribution in [1.29, 1.82) is 0 Å². The molecule has 1 atom stereocenters. The standard InChI is InChI=1S/C12H13NO3S/c14-11-6-3-9(13-11)7-17-10-4-1-8(2-5-10)12(15)16/h1-2,4-5,9H,3,6-7H2,(H,13,14)(H,15,16). The Morgan fingerprint density at radius 3 is 2.65 bits per heavy atom. The Labute approximate surface area is 103 Å². The minimum Gasteiger partial charge on any atom is -0.478 e. The Morgan fingerprint density at radius 1 is 1.41 bits per heavy atom. The van der Waals surface area contributed by atoms with Gasteiger partial charge in [-0.25, -0.2) is 4.79 Å². The number of aromatic carboxylic acids is 1. The molecule has 0 aliphatic carbocycles. The van der Waals surface area contributed by atoms with Crippen molar-refractivity contribution in [3.63, 3.8) is 0 Å². The summed E-state index contributed by atoms with van der Waals surface area (Å²) in [5.74, 6) is 0.0412. The van der Waals surface area contributed by atoms with Crippen molar-refractivity contribution in [1.82, 2.24) is 5.32 Å². The first-order valence-corrected chi connectivity index (χ1v) is 6.39. The molecule has 0 saturated carbocycles. The van der Waals surface area contributed by atoms with Crippen LogP contribution in [0.4, 0.5) is 0 Å². The highest BCUT2D eigenvalue weighted by Crippen LogP contribution is 2.22. The zero-order valence-electron chi connectivity index (χ0n) is 9.18. The maximum atomic E-state index is 11.0. The van der Waals surface area contributed by atoms with Crippen LogP contribution in [0, 0.1) is 0 Å². The van der Waals surface area contributed by atoms with Crippen molar-refractivity contribution < 1.29 is 14.7 Å². The minimum atomic E-state index is -0.912. The monoisotopic (exact) mass is 251 g/mol. The Bertz CT molecular complexity index is 430. The largest absolute Gasteiger partial charge is 0.478 e. The van der Waals surface area contributed by atoms with Crippen LogP contribution >= 0.6 is 11.8 Å². The van der Waals surface area contributed by atoms with Crippen molar-refractivity contribution in [2.24, 2.45) is 0 Å². The Balaban J connectivity index is 1.87. The van der Waals surface area contributed by atoms with Gasteiger partial charge in [-0.05, 0) is 30.7 Å². The van der Waals surface area contributed by atoms with E-state index in [1.54, 1.807) is 36.0 Å². The van der Waals surface area contributed by atoms with Crippen molar-refractivity contribution in [2.45, 2.75) is 23.8 Å². The van der Waals surface area contributed by atoms with Crippen LogP contribution in [0.1, 0.15) is 23.2 Å². The van der Waals surface area contributed by atoms with Gasteiger partial charge in [0.15, 0.2) is 0 Å². The highest BCUT2D eigenvalue weighted by Gasteiger charge is 2.20. The number of nitrogens with one attached hydrogen (secondary N) is 1. The zero-order chi connectivity index (χ0) is 12.3. The van der Waals surface area contributed by atoms with E-state index in [2.05, 4.69) is 5.32 Å². The fourth-order valence-electron chi connectivity index (χ4n) is 1.69. The molecule has 5 heteroatoms. The molecule has 2 rings (SSSR count). The lowest BCUT2D eigenvalue weighted by Crippen LogP contribution is -2.27. The van der Waals surface area contributed by atoms with E-state index < -0.39 is 5.97 Å². The second-order valence-electron chi connectivity index (χ2n) is 3.94. The average molecular weight is 251 g/mol. The first kappa shape index (κ1) is 12.0. The molecule has 0 spiro atoms. The van der Waals surface area contributed by atoms with Crippen molar-refractivity contribution in [3.8, 4) is 0 Å². The molecule has 2 N–H and O–H groups in total. The smallest absolute Gasteiger partial charge is 0.335 e. The fourth-order valence-corrected chi connectivity index (χ4v) is 2.67. The summed E-state index contributed by atoms with van der Waals surface area (Å²) in [5, 5.41) is 11.7. The molecule has 1 fully saturated rings. The second-order valence-corrected chi connectivity index (χ2v) is 5.04. The number of hydrogen-bond acceptors (Lipinski definition) is 3. The van der Waals surface area contributed by atoms with Crippen LogP contribution in [-0.4, -0.2) is 28.8 Å². The van der Waals surface area contributed by atoms with Crippen LogP contribution in [0.25, 0.3) is 0 Å². The summed E-state index contributed by atoms with van der Waals surface area (Å²) in [6.45, 7) is 0. The number of hydrogen-bond donors (Lipinski definition) is 2. The van der Waals surface area contributed by atoms with Gasteiger partial charge in [-0.3, -0.25) is 4.79 Å². The van der Waals surface area contributed by atoms with Gasteiger partial charge in [0.1, 0.15) is 0 Å². The van der Waals surface area contributed by atoms with Crippen LogP contribution in [0.5, 0.6) is 0 Å². The van der Waals surface area contributed by atoms with Gasteiger partial charge in [-0.2, -0.15) is 0 Å². The first-order chi connectivity index (χ1) is 8.15. The molecule has 0 radical (unpaired) electrons. The third-order valence-electron chi connectivity index (χ3n) is 2.64. The molecule has 1 aromatic rings. The van der Waals surface area contributed by atoms with E-state index in [1.807, 2.05) is 0 Å². The summed E-state index contributed by atoms with van der Waals surface area (Å²) in [6.07, 6.45) is 1.50. The van der Waals surface area contributed by atoms with Crippen molar-refractivity contribution >= 4 is 23.6 Å². The number of carboxylic acids is 1. The van der Waals surface area contributed by atoms with Gasteiger partial charge < -0.3 is 10.4 Å². The Hall–Kier alpha value is -1.49. The molecule has 1 heterocycles. The van der Waals surface area contributed by atoms with Crippen LogP contribution < -0.4 is 5.32 Å². The Kier molecular flexibility index (Phi) is 3.68. The average Bonchev–Trinajstić information content (AvgIpc) is 2.73. The van der Waals surface area contributed by atoms with Gasteiger partial charge in [-0.15, -0.1) is 11.8 Å². The molecule has 17 heavy (non-hydrogen) atoms. The normalized spacial score (nSPS) is 19.1. The van der Waals surface area contributed by atoms with Crippen molar-refractivity contribution in [2.75, 3.05) is 5.75 Å². The van der Waals surface area contributed by atoms with Crippen LogP contribution in [0.15, 0.2) is 29.2 Å². The Morgan fingerprint density at radius 2 is 2.12 bits per heavy atom. The lowest BCUT2D eigenvalue weighted by molar-refractivity contribution is -0.119. The predicted molar refractivity (Wildman–Crippen MR) is 65.3 cm³/mol. The van der Waals surface area contributed by atoms with Gasteiger partial charge in [0.2, 0.25) is 5.91 Å². The third-order valence-corrected chi connectivity index (χ3v) is 3.81. The molecule has 1 unspecified atom stereocenters. The lowest BCUT2D eigenvalue weighted by atomic mass is 10.2. The number of carbonyl (C=O) groups is 2. The molecular weight excluding hydrogens is 238 g/mol. The number of carbonyl (C=O) groups excluding carboxylic acids is 1. The summed E-state index contributed by atoms with van der Waals surface area (Å²) >= 11 is 1.63. The molecule has 0 aromatic heterocycles. The highest BCUT2D eigenvalue weighted by molar-refractivity contribution is 7.99. The quantitative estimate of drug-likeness (QED) is 0.800. The molecular formula is C12H13NO3S. The van der Waals surface area contributed by atoms with E-state index in [9.17, 15) is 9.59 Å². The minimum absolute atomic E-state index is 0.122. The molecule has 1 saturated heterocycles. The number of amides is 1. The second kappa shape index (κ2) is 5.23. The van der Waals surface area contributed by atoms with Crippen LogP contribution in [-0.2, 0) is 4.79 Å². The number of thioether (sulfide) groups is 1. The molecule has 1 aliphatic heterocycles. The van der Waals surface area contributed by atoms with Gasteiger partial charge in [0.25, 0.3) is 0 Å². The van der Waals surface area contributed by atoms with Crippen LogP contribution in [0.2, 0.25) is 0 Å². The number of rotatable bonds is 4. The lowest BCUT2D eigenvalue weighted by Gasteiger charge is -2.09. The van der Waals surface area contributed by atoms with E-state index in [-0.39, 0.29) is 11.9 Å². The molecule has 1 amide bonds. The van der Waals surface area contributed by atoms with Crippen molar-refractivity contribution in [3.05, 3.63) is 29.8 Å². The molecule has 0 bridgehead atoms. The van der Waals surface area contributed by atoms with E-state index in [4.69, 9.17) is 5.11 Å². The van der Waals surface area contributed by atoms with Gasteiger partial charge in [-0.1, -0.05) is 0 Å². The highest BCUT2D eigenvalue weighted by atomic mass is 32.2. The van der Waals surface area contributed by atoms with E-state index >= 15 is 0 Å². The van der Waals surface area contributed by atoms with Gasteiger partial charge in [0.05, 0.1) is 5.56 Å². The summed E-state index contributed by atoms with van der Waals surface area (Å²) in [6, 6.07) is 7.03. The maximum Gasteiger partial charge on any atom is 0.335 e. The number of benzene rings is 1. The maximum absolute atomic E-state index is 11.0. The first-order valence-electron chi connectivity index (χ1n) is 5.40. The summed E-state index contributed by atoms with van der Waals surface area (Å²) in [7, 11) is 0. The predicted octanol–water partition coefficient (Wildman–Crippen LogP) is 1.76. The summed E-state index contributed by atoms with van der Waals surface area (Å²) in [5.41, 5.74) is 0.295. The van der Waals surface area contributed by atoms with Gasteiger partial charge in [0, 0.05) is 23.1 Å². The molecule has 90 valence electrons. The molecule has 1 aliphatic rings.